The number of ketones is 1. The fraction of sp³-hybridized carbons (Fsp3) is 0.200. The number of Topliss-reactive ketones (excluding diaryl/α,β-unsaturated/α-hetero) is 1. The molecule has 24 heavy (non-hydrogen) atoms. The van der Waals surface area contributed by atoms with Gasteiger partial charge in [-0.05, 0) is 43.7 Å². The van der Waals surface area contributed by atoms with Crippen molar-refractivity contribution in [3.05, 3.63) is 77.9 Å². The Balaban J connectivity index is 2.26. The van der Waals surface area contributed by atoms with Crippen molar-refractivity contribution in [1.82, 2.24) is 0 Å². The zero-order valence-corrected chi connectivity index (χ0v) is 14.0. The Labute approximate surface area is 141 Å². The summed E-state index contributed by atoms with van der Waals surface area (Å²) < 4.78 is 10.6. The van der Waals surface area contributed by atoms with Crippen molar-refractivity contribution in [2.24, 2.45) is 0 Å². The molecule has 2 aromatic carbocycles. The average molecular weight is 324 g/mol. The summed E-state index contributed by atoms with van der Waals surface area (Å²) in [5.74, 6) is -0.313. The third-order valence-electron chi connectivity index (χ3n) is 3.84. The van der Waals surface area contributed by atoms with Crippen LogP contribution in [0.1, 0.15) is 29.8 Å². The Bertz CT molecular complexity index is 747. The first-order valence-corrected chi connectivity index (χ1v) is 7.51. The summed E-state index contributed by atoms with van der Waals surface area (Å²) in [7, 11) is 1.51. The summed E-state index contributed by atoms with van der Waals surface area (Å²) in [6, 6.07) is 15.7. The van der Waals surface area contributed by atoms with Crippen molar-refractivity contribution in [3.63, 3.8) is 0 Å². The van der Waals surface area contributed by atoms with Crippen LogP contribution in [0.4, 0.5) is 0 Å². The summed E-state index contributed by atoms with van der Waals surface area (Å²) in [4.78, 5) is 24.4. The van der Waals surface area contributed by atoms with Crippen LogP contribution in [-0.2, 0) is 15.1 Å². The van der Waals surface area contributed by atoms with E-state index in [2.05, 4.69) is 6.58 Å². The van der Waals surface area contributed by atoms with E-state index in [0.29, 0.717) is 16.9 Å². The van der Waals surface area contributed by atoms with Crippen LogP contribution in [0.25, 0.3) is 0 Å². The van der Waals surface area contributed by atoms with Crippen LogP contribution in [0.15, 0.2) is 66.7 Å². The van der Waals surface area contributed by atoms with Gasteiger partial charge in [-0.2, -0.15) is 0 Å². The van der Waals surface area contributed by atoms with Crippen LogP contribution in [0.2, 0.25) is 0 Å². The van der Waals surface area contributed by atoms with Crippen molar-refractivity contribution in [2.75, 3.05) is 7.11 Å². The van der Waals surface area contributed by atoms with Gasteiger partial charge in [-0.3, -0.25) is 4.79 Å². The molecule has 0 spiro atoms. The Morgan fingerprint density at radius 1 is 1.00 bits per heavy atom. The summed E-state index contributed by atoms with van der Waals surface area (Å²) in [6.07, 6.45) is 0. The number of hydrogen-bond donors (Lipinski definition) is 0. The summed E-state index contributed by atoms with van der Waals surface area (Å²) in [5, 5.41) is 0. The van der Waals surface area contributed by atoms with Gasteiger partial charge < -0.3 is 9.47 Å². The third kappa shape index (κ3) is 3.60. The maximum atomic E-state index is 12.9. The van der Waals surface area contributed by atoms with Gasteiger partial charge in [0, 0.05) is 18.2 Å². The molecule has 1 unspecified atom stereocenters. The molecule has 4 heteroatoms. The number of carbonyl (C=O) groups is 2. The molecule has 0 saturated carbocycles. The van der Waals surface area contributed by atoms with Gasteiger partial charge in [0.25, 0.3) is 0 Å². The summed E-state index contributed by atoms with van der Waals surface area (Å²) >= 11 is 0. The van der Waals surface area contributed by atoms with Crippen LogP contribution in [0, 0.1) is 0 Å². The van der Waals surface area contributed by atoms with Crippen molar-refractivity contribution in [1.29, 1.82) is 0 Å². The molecule has 0 heterocycles. The minimum atomic E-state index is -1.09. The summed E-state index contributed by atoms with van der Waals surface area (Å²) in [5.41, 5.74) is 0.469. The second-order valence-electron chi connectivity index (χ2n) is 5.63. The Morgan fingerprint density at radius 2 is 1.58 bits per heavy atom. The number of rotatable bonds is 6. The monoisotopic (exact) mass is 324 g/mol. The molecule has 0 N–H and O–H groups in total. The predicted molar refractivity (Wildman–Crippen MR) is 92.0 cm³/mol. The molecule has 0 saturated heterocycles. The van der Waals surface area contributed by atoms with Gasteiger partial charge >= 0.3 is 5.97 Å². The highest BCUT2D eigenvalue weighted by Gasteiger charge is 2.35. The van der Waals surface area contributed by atoms with Gasteiger partial charge in [-0.15, -0.1) is 0 Å². The SMILES string of the molecule is C=C(C)C(=O)Oc1ccc(C(=O)C(C)(OC)c2ccccc2)cc1. The average Bonchev–Trinajstić information content (AvgIpc) is 2.61. The van der Waals surface area contributed by atoms with E-state index < -0.39 is 11.6 Å². The van der Waals surface area contributed by atoms with Crippen LogP contribution < -0.4 is 4.74 Å². The van der Waals surface area contributed by atoms with Crippen LogP contribution >= 0.6 is 0 Å². The molecule has 0 radical (unpaired) electrons. The number of esters is 1. The highest BCUT2D eigenvalue weighted by atomic mass is 16.5. The van der Waals surface area contributed by atoms with Crippen molar-refractivity contribution in [2.45, 2.75) is 19.4 Å². The molecule has 0 amide bonds. The van der Waals surface area contributed by atoms with Gasteiger partial charge in [0.2, 0.25) is 0 Å². The first kappa shape index (κ1) is 17.6. The zero-order chi connectivity index (χ0) is 17.7. The van der Waals surface area contributed by atoms with Crippen molar-refractivity contribution < 1.29 is 19.1 Å². The van der Waals surface area contributed by atoms with E-state index in [1.54, 1.807) is 38.1 Å². The normalized spacial score (nSPS) is 13.0. The van der Waals surface area contributed by atoms with E-state index in [1.807, 2.05) is 30.3 Å². The molecule has 0 aromatic heterocycles. The second-order valence-corrected chi connectivity index (χ2v) is 5.63. The van der Waals surface area contributed by atoms with Crippen LogP contribution in [0.5, 0.6) is 5.75 Å². The third-order valence-corrected chi connectivity index (χ3v) is 3.84. The quantitative estimate of drug-likeness (QED) is 0.350. The lowest BCUT2D eigenvalue weighted by molar-refractivity contribution is -0.130. The second kappa shape index (κ2) is 7.23. The standard InChI is InChI=1S/C20H20O4/c1-14(2)19(22)24-17-12-10-15(11-13-17)18(21)20(3,23-4)16-8-6-5-7-9-16/h5-13H,1H2,2-4H3. The largest absolute Gasteiger partial charge is 0.423 e. The maximum Gasteiger partial charge on any atom is 0.338 e. The minimum absolute atomic E-state index is 0.172. The van der Waals surface area contributed by atoms with E-state index in [0.717, 1.165) is 5.56 Å². The zero-order valence-electron chi connectivity index (χ0n) is 14.0. The van der Waals surface area contributed by atoms with Crippen molar-refractivity contribution >= 4 is 11.8 Å². The first-order valence-electron chi connectivity index (χ1n) is 7.51. The van der Waals surface area contributed by atoms with Crippen LogP contribution in [0.3, 0.4) is 0 Å². The lowest BCUT2D eigenvalue weighted by Gasteiger charge is -2.27. The predicted octanol–water partition coefficient (Wildman–Crippen LogP) is 3.91. The molecule has 2 aromatic rings. The molecular formula is C20H20O4. The molecule has 1 atom stereocenters. The van der Waals surface area contributed by atoms with Gasteiger partial charge in [0.1, 0.15) is 5.75 Å². The minimum Gasteiger partial charge on any atom is -0.423 e. The molecule has 4 nitrogen and oxygen atoms in total. The molecule has 0 fully saturated rings. The fourth-order valence-electron chi connectivity index (χ4n) is 2.24. The van der Waals surface area contributed by atoms with Crippen LogP contribution in [-0.4, -0.2) is 18.9 Å². The fourth-order valence-corrected chi connectivity index (χ4v) is 2.24. The highest BCUT2D eigenvalue weighted by molar-refractivity contribution is 6.03. The van der Waals surface area contributed by atoms with E-state index >= 15 is 0 Å². The molecule has 0 aliphatic carbocycles. The molecule has 2 rings (SSSR count). The van der Waals surface area contributed by atoms with E-state index in [9.17, 15) is 9.59 Å². The number of carbonyl (C=O) groups excluding carboxylic acids is 2. The molecule has 124 valence electrons. The Hall–Kier alpha value is -2.72. The Kier molecular flexibility index (Phi) is 5.31. The molecule has 0 bridgehead atoms. The number of hydrogen-bond acceptors (Lipinski definition) is 4. The van der Waals surface area contributed by atoms with Gasteiger partial charge in [0.05, 0.1) is 0 Å². The molecular weight excluding hydrogens is 304 g/mol. The maximum absolute atomic E-state index is 12.9. The van der Waals surface area contributed by atoms with Crippen molar-refractivity contribution in [3.8, 4) is 5.75 Å². The topological polar surface area (TPSA) is 52.6 Å². The first-order chi connectivity index (χ1) is 11.4. The Morgan fingerprint density at radius 3 is 2.08 bits per heavy atom. The summed E-state index contributed by atoms with van der Waals surface area (Å²) in [6.45, 7) is 6.84. The van der Waals surface area contributed by atoms with E-state index in [4.69, 9.17) is 9.47 Å². The van der Waals surface area contributed by atoms with Gasteiger partial charge in [0.15, 0.2) is 11.4 Å². The number of methoxy groups -OCH3 is 1. The van der Waals surface area contributed by atoms with E-state index in [1.165, 1.54) is 7.11 Å². The smallest absolute Gasteiger partial charge is 0.338 e. The molecule has 0 aliphatic rings. The highest BCUT2D eigenvalue weighted by Crippen LogP contribution is 2.29. The van der Waals surface area contributed by atoms with E-state index in [-0.39, 0.29) is 5.78 Å². The van der Waals surface area contributed by atoms with Gasteiger partial charge in [-0.1, -0.05) is 36.9 Å². The lowest BCUT2D eigenvalue weighted by Crippen LogP contribution is -2.34. The molecule has 0 aliphatic heterocycles. The lowest BCUT2D eigenvalue weighted by atomic mass is 9.87. The number of benzene rings is 2. The van der Waals surface area contributed by atoms with Gasteiger partial charge in [-0.25, -0.2) is 4.79 Å². The number of ether oxygens (including phenoxy) is 2.